The van der Waals surface area contributed by atoms with Crippen molar-refractivity contribution in [3.8, 4) is 0 Å². The maximum Gasteiger partial charge on any atom is 0.416 e. The highest BCUT2D eigenvalue weighted by Gasteiger charge is 2.58. The molecule has 11 heteroatoms. The molecule has 3 aliphatic rings. The second kappa shape index (κ2) is 9.96. The first-order valence-electron chi connectivity index (χ1n) is 12.9. The van der Waals surface area contributed by atoms with E-state index >= 15 is 0 Å². The van der Waals surface area contributed by atoms with E-state index in [1.807, 2.05) is 6.92 Å². The molecule has 1 aliphatic heterocycles. The second-order valence-corrected chi connectivity index (χ2v) is 11.2. The first-order chi connectivity index (χ1) is 18.0. The number of piperidine rings is 1. The fraction of sp³-hybridized carbons (Fsp3) is 0.571. The lowest BCUT2D eigenvalue weighted by molar-refractivity contribution is -0.109. The highest BCUT2D eigenvalue weighted by atomic mass is 19.4. The predicted octanol–water partition coefficient (Wildman–Crippen LogP) is 7.23. The molecule has 1 saturated heterocycles. The van der Waals surface area contributed by atoms with E-state index in [0.29, 0.717) is 24.0 Å². The number of alkyl halides is 6. The van der Waals surface area contributed by atoms with E-state index < -0.39 is 58.8 Å². The summed E-state index contributed by atoms with van der Waals surface area (Å²) in [4.78, 5) is 28.2. The molecule has 214 valence electrons. The molecule has 0 radical (unpaired) electrons. The fourth-order valence-corrected chi connectivity index (χ4v) is 6.44. The summed E-state index contributed by atoms with van der Waals surface area (Å²) in [5.41, 5.74) is -3.53. The predicted molar refractivity (Wildman–Crippen MR) is 130 cm³/mol. The molecule has 0 N–H and O–H groups in total. The van der Waals surface area contributed by atoms with Gasteiger partial charge in [0.1, 0.15) is 12.1 Å². The Kier molecular flexibility index (Phi) is 7.44. The lowest BCUT2D eigenvalue weighted by atomic mass is 9.74. The van der Waals surface area contributed by atoms with E-state index in [1.54, 1.807) is 17.9 Å². The summed E-state index contributed by atoms with van der Waals surface area (Å²) in [5.74, 6) is -1.67. The van der Waals surface area contributed by atoms with Crippen LogP contribution in [0.3, 0.4) is 0 Å². The largest absolute Gasteiger partial charge is 0.416 e. The summed E-state index contributed by atoms with van der Waals surface area (Å²) in [6, 6.07) is 3.69. The van der Waals surface area contributed by atoms with Crippen LogP contribution in [0.15, 0.2) is 41.5 Å². The maximum absolute atomic E-state index is 14.0. The minimum absolute atomic E-state index is 0.0451. The first kappa shape index (κ1) is 29.1. The van der Waals surface area contributed by atoms with Crippen molar-refractivity contribution in [3.63, 3.8) is 0 Å². The number of carbonyl (C=O) groups is 2. The van der Waals surface area contributed by atoms with Crippen LogP contribution in [0.1, 0.15) is 56.6 Å². The van der Waals surface area contributed by atoms with Gasteiger partial charge in [-0.25, -0.2) is 9.18 Å². The highest BCUT2D eigenvalue weighted by Crippen LogP contribution is 2.55. The number of aldehydes is 1. The van der Waals surface area contributed by atoms with Gasteiger partial charge in [-0.15, -0.1) is 0 Å². The van der Waals surface area contributed by atoms with E-state index in [9.17, 15) is 40.3 Å². The van der Waals surface area contributed by atoms with Crippen LogP contribution in [-0.2, 0) is 10.3 Å². The van der Waals surface area contributed by atoms with Crippen molar-refractivity contribution >= 4 is 12.3 Å². The molecule has 39 heavy (non-hydrogen) atoms. The Labute approximate surface area is 222 Å². The van der Waals surface area contributed by atoms with E-state index in [1.165, 1.54) is 24.1 Å². The normalized spacial score (nSPS) is 27.0. The van der Waals surface area contributed by atoms with Crippen LogP contribution < -0.4 is 0 Å². The molecule has 0 bridgehead atoms. The molecule has 2 aliphatic carbocycles. The lowest BCUT2D eigenvalue weighted by Gasteiger charge is -2.51. The number of rotatable bonds is 5. The Hall–Kier alpha value is -2.85. The van der Waals surface area contributed by atoms with Gasteiger partial charge in [0, 0.05) is 31.5 Å². The van der Waals surface area contributed by atoms with Crippen LogP contribution in [0.25, 0.3) is 0 Å². The number of benzene rings is 1. The average Bonchev–Trinajstić information content (AvgIpc) is 3.64. The zero-order chi connectivity index (χ0) is 29.0. The van der Waals surface area contributed by atoms with Gasteiger partial charge in [-0.05, 0) is 81.2 Å². The number of aryl methyl sites for hydroxylation is 1. The standard InChI is InChI=1S/C28H31F7N2O2/c1-17-12-22(29)4-5-23(17)25(2)16-18(7-11-38)6-10-37(25)24(39)36(3)26(8-9-26)19-13-20(27(30,31)32)15-21(14-19)28(33,34)35/h4-5,11-13,15,18-19H,6-10,14,16H2,1-3H3/t18-,19?,25?/m1/s1. The summed E-state index contributed by atoms with van der Waals surface area (Å²) in [6.45, 7) is 3.74. The van der Waals surface area contributed by atoms with Gasteiger partial charge in [0.05, 0.1) is 16.7 Å². The summed E-state index contributed by atoms with van der Waals surface area (Å²) in [7, 11) is 1.43. The van der Waals surface area contributed by atoms with Gasteiger partial charge in [-0.1, -0.05) is 12.1 Å². The number of halogens is 7. The Bertz CT molecular complexity index is 1200. The maximum atomic E-state index is 14.0. The van der Waals surface area contributed by atoms with Crippen molar-refractivity contribution < 1.29 is 40.3 Å². The van der Waals surface area contributed by atoms with E-state index in [0.717, 1.165) is 12.4 Å². The Morgan fingerprint density at radius 1 is 1.15 bits per heavy atom. The molecule has 1 aromatic carbocycles. The third-order valence-electron chi connectivity index (χ3n) is 8.72. The van der Waals surface area contributed by atoms with Crippen molar-refractivity contribution in [3.05, 3.63) is 58.4 Å². The van der Waals surface area contributed by atoms with Gasteiger partial charge >= 0.3 is 18.4 Å². The first-order valence-corrected chi connectivity index (χ1v) is 12.9. The Morgan fingerprint density at radius 3 is 2.36 bits per heavy atom. The molecular weight excluding hydrogens is 529 g/mol. The zero-order valence-corrected chi connectivity index (χ0v) is 21.9. The minimum atomic E-state index is -4.97. The van der Waals surface area contributed by atoms with Gasteiger partial charge in [0.15, 0.2) is 0 Å². The average molecular weight is 561 g/mol. The van der Waals surface area contributed by atoms with E-state index in [4.69, 9.17) is 0 Å². The Balaban J connectivity index is 1.69. The smallest absolute Gasteiger partial charge is 0.321 e. The molecule has 2 unspecified atom stereocenters. The molecule has 0 aromatic heterocycles. The molecule has 2 fully saturated rings. The number of nitrogens with zero attached hydrogens (tertiary/aromatic N) is 2. The number of allylic oxidation sites excluding steroid dienone is 3. The van der Waals surface area contributed by atoms with Gasteiger partial charge in [0.25, 0.3) is 0 Å². The lowest BCUT2D eigenvalue weighted by Crippen LogP contribution is -2.59. The fourth-order valence-electron chi connectivity index (χ4n) is 6.44. The van der Waals surface area contributed by atoms with Crippen molar-refractivity contribution in [2.45, 2.75) is 75.8 Å². The highest BCUT2D eigenvalue weighted by molar-refractivity contribution is 5.77. The van der Waals surface area contributed by atoms with Crippen LogP contribution in [-0.4, -0.2) is 53.6 Å². The minimum Gasteiger partial charge on any atom is -0.321 e. The van der Waals surface area contributed by atoms with Crippen LogP contribution in [0.2, 0.25) is 0 Å². The summed E-state index contributed by atoms with van der Waals surface area (Å²) >= 11 is 0. The third kappa shape index (κ3) is 5.45. The van der Waals surface area contributed by atoms with Crippen LogP contribution in [0.5, 0.6) is 0 Å². The number of amides is 2. The monoisotopic (exact) mass is 560 g/mol. The molecule has 3 atom stereocenters. The van der Waals surface area contributed by atoms with Gasteiger partial charge in [-0.3, -0.25) is 0 Å². The van der Waals surface area contributed by atoms with Crippen molar-refractivity contribution in [1.29, 1.82) is 0 Å². The van der Waals surface area contributed by atoms with Crippen molar-refractivity contribution in [2.24, 2.45) is 11.8 Å². The van der Waals surface area contributed by atoms with E-state index in [-0.39, 0.29) is 37.8 Å². The molecule has 0 spiro atoms. The quantitative estimate of drug-likeness (QED) is 0.282. The summed E-state index contributed by atoms with van der Waals surface area (Å²) in [6.07, 6.45) is -7.06. The molecule has 4 nitrogen and oxygen atoms in total. The number of urea groups is 1. The molecule has 1 heterocycles. The molecule has 2 amide bonds. The van der Waals surface area contributed by atoms with Crippen LogP contribution >= 0.6 is 0 Å². The third-order valence-corrected chi connectivity index (χ3v) is 8.72. The van der Waals surface area contributed by atoms with Crippen molar-refractivity contribution in [2.75, 3.05) is 13.6 Å². The zero-order valence-electron chi connectivity index (χ0n) is 21.9. The van der Waals surface area contributed by atoms with Gasteiger partial charge < -0.3 is 14.6 Å². The molecule has 1 saturated carbocycles. The van der Waals surface area contributed by atoms with Crippen LogP contribution in [0, 0.1) is 24.6 Å². The van der Waals surface area contributed by atoms with E-state index in [2.05, 4.69) is 0 Å². The number of hydrogen-bond donors (Lipinski definition) is 0. The van der Waals surface area contributed by atoms with Gasteiger partial charge in [0.2, 0.25) is 0 Å². The van der Waals surface area contributed by atoms with Gasteiger partial charge in [-0.2, -0.15) is 26.3 Å². The number of likely N-dealkylation sites (tertiary alicyclic amines) is 1. The summed E-state index contributed by atoms with van der Waals surface area (Å²) in [5, 5.41) is 0. The molecular formula is C28H31F7N2O2. The Morgan fingerprint density at radius 2 is 1.82 bits per heavy atom. The summed E-state index contributed by atoms with van der Waals surface area (Å²) < 4.78 is 95.4. The number of hydrogen-bond acceptors (Lipinski definition) is 2. The second-order valence-electron chi connectivity index (χ2n) is 11.2. The number of carbonyl (C=O) groups excluding carboxylic acids is 2. The van der Waals surface area contributed by atoms with Crippen LogP contribution in [0.4, 0.5) is 35.5 Å². The SMILES string of the molecule is Cc1cc(F)ccc1C1(C)C[C@@H](CC=O)CCN1C(=O)N(C)C1(C2C=C(C(F)(F)F)C=C(C(F)(F)F)C2)CC1. The molecule has 4 rings (SSSR count). The van der Waals surface area contributed by atoms with Crippen molar-refractivity contribution in [1.82, 2.24) is 9.80 Å². The topological polar surface area (TPSA) is 40.6 Å². The molecule has 1 aromatic rings.